The van der Waals surface area contributed by atoms with Gasteiger partial charge in [-0.25, -0.2) is 0 Å². The highest BCUT2D eigenvalue weighted by Crippen LogP contribution is 2.76. The lowest BCUT2D eigenvalue weighted by Gasteiger charge is -2.52. The van der Waals surface area contributed by atoms with E-state index in [9.17, 15) is 0 Å². The topological polar surface area (TPSA) is 62.7 Å². The molecule has 9 rings (SSSR count). The summed E-state index contributed by atoms with van der Waals surface area (Å²) in [5.41, 5.74) is 7.63. The van der Waals surface area contributed by atoms with Gasteiger partial charge in [-0.2, -0.15) is 9.97 Å². The Balaban J connectivity index is 1.44. The quantitative estimate of drug-likeness (QED) is 0.360. The van der Waals surface area contributed by atoms with Crippen LogP contribution in [-0.4, -0.2) is 38.4 Å². The van der Waals surface area contributed by atoms with Crippen LogP contribution in [0.15, 0.2) is 48.5 Å². The predicted octanol–water partition coefficient (Wildman–Crippen LogP) is 5.77. The number of ether oxygens (including phenoxy) is 4. The van der Waals surface area contributed by atoms with Gasteiger partial charge in [0.1, 0.15) is 11.5 Å². The molecule has 186 valence electrons. The molecule has 0 N–H and O–H groups in total. The normalized spacial score (nSPS) is 27.4. The summed E-state index contributed by atoms with van der Waals surface area (Å²) in [6.45, 7) is 0. The Morgan fingerprint density at radius 2 is 1.19 bits per heavy atom. The smallest absolute Gasteiger partial charge is 0.319 e. The Labute approximate surface area is 215 Å². The van der Waals surface area contributed by atoms with Crippen LogP contribution in [0.4, 0.5) is 0 Å². The van der Waals surface area contributed by atoms with E-state index in [0.717, 1.165) is 39.9 Å². The summed E-state index contributed by atoms with van der Waals surface area (Å²) < 4.78 is 23.8. The van der Waals surface area contributed by atoms with E-state index in [4.69, 9.17) is 23.9 Å². The standard InChI is InChI=1S/C31H28N2O4/c1-34-28-16-11-7-8-12-17(16)29(35-2)25-19-13-18(24(25)28)21-20-14-9-5-6-10-15(14)23(22(19)21)27-26(20)30(36-3)33-31(32-27)37-4/h5-12,18-23H,13H2,1-4H3/t18-,19+,20+,21-,22-,23-/m1/s1. The van der Waals surface area contributed by atoms with Crippen molar-refractivity contribution in [1.82, 2.24) is 9.97 Å². The molecule has 6 heteroatoms. The summed E-state index contributed by atoms with van der Waals surface area (Å²) in [5.74, 6) is 4.50. The molecule has 6 nitrogen and oxygen atoms in total. The van der Waals surface area contributed by atoms with Crippen LogP contribution in [0, 0.1) is 11.8 Å². The molecule has 37 heavy (non-hydrogen) atoms. The van der Waals surface area contributed by atoms with Crippen LogP contribution in [0.5, 0.6) is 23.4 Å². The van der Waals surface area contributed by atoms with Crippen LogP contribution in [0.3, 0.4) is 0 Å². The van der Waals surface area contributed by atoms with Gasteiger partial charge in [-0.05, 0) is 41.2 Å². The molecule has 1 saturated carbocycles. The van der Waals surface area contributed by atoms with Crippen LogP contribution in [0.25, 0.3) is 10.8 Å². The first-order valence-corrected chi connectivity index (χ1v) is 13.0. The first-order chi connectivity index (χ1) is 18.2. The van der Waals surface area contributed by atoms with E-state index < -0.39 is 0 Å². The van der Waals surface area contributed by atoms with Gasteiger partial charge in [0.15, 0.2) is 0 Å². The number of hydrogen-bond acceptors (Lipinski definition) is 6. The minimum Gasteiger partial charge on any atom is -0.496 e. The molecule has 0 spiro atoms. The predicted molar refractivity (Wildman–Crippen MR) is 139 cm³/mol. The zero-order valence-electron chi connectivity index (χ0n) is 21.3. The molecule has 4 bridgehead atoms. The van der Waals surface area contributed by atoms with Crippen molar-refractivity contribution in [3.05, 3.63) is 82.0 Å². The molecule has 5 aliphatic carbocycles. The maximum Gasteiger partial charge on any atom is 0.319 e. The van der Waals surface area contributed by atoms with Gasteiger partial charge in [-0.3, -0.25) is 0 Å². The second kappa shape index (κ2) is 7.37. The highest BCUT2D eigenvalue weighted by Gasteiger charge is 2.64. The lowest BCUT2D eigenvalue weighted by atomic mass is 9.51. The molecule has 0 amide bonds. The fourth-order valence-corrected chi connectivity index (χ4v) is 8.63. The maximum absolute atomic E-state index is 6.17. The molecule has 1 heterocycles. The van der Waals surface area contributed by atoms with E-state index in [2.05, 4.69) is 53.5 Å². The molecule has 6 atom stereocenters. The molecule has 0 unspecified atom stereocenters. The molecule has 3 aromatic carbocycles. The van der Waals surface area contributed by atoms with E-state index in [-0.39, 0.29) is 11.8 Å². The molecule has 0 aliphatic heterocycles. The van der Waals surface area contributed by atoms with Crippen LogP contribution in [0.1, 0.15) is 63.6 Å². The average molecular weight is 493 g/mol. The summed E-state index contributed by atoms with van der Waals surface area (Å²) in [6.07, 6.45) is 1.09. The first-order valence-electron chi connectivity index (χ1n) is 13.0. The fraction of sp³-hybridized carbons (Fsp3) is 0.355. The van der Waals surface area contributed by atoms with Crippen molar-refractivity contribution < 1.29 is 18.9 Å². The Hall–Kier alpha value is -3.80. The van der Waals surface area contributed by atoms with Gasteiger partial charge in [0.2, 0.25) is 5.88 Å². The molecule has 5 aliphatic rings. The number of aromatic nitrogens is 2. The van der Waals surface area contributed by atoms with Crippen molar-refractivity contribution in [2.45, 2.75) is 30.1 Å². The summed E-state index contributed by atoms with van der Waals surface area (Å²) in [6, 6.07) is 17.7. The largest absolute Gasteiger partial charge is 0.496 e. The highest BCUT2D eigenvalue weighted by atomic mass is 16.5. The number of hydrogen-bond donors (Lipinski definition) is 0. The minimum absolute atomic E-state index is 0.150. The monoisotopic (exact) mass is 492 g/mol. The second-order valence-corrected chi connectivity index (χ2v) is 10.6. The van der Waals surface area contributed by atoms with Gasteiger partial charge in [-0.15, -0.1) is 0 Å². The summed E-state index contributed by atoms with van der Waals surface area (Å²) >= 11 is 0. The summed E-state index contributed by atoms with van der Waals surface area (Å²) in [4.78, 5) is 9.62. The van der Waals surface area contributed by atoms with Crippen LogP contribution in [-0.2, 0) is 0 Å². The zero-order valence-corrected chi connectivity index (χ0v) is 21.3. The third-order valence-corrected chi connectivity index (χ3v) is 9.56. The van der Waals surface area contributed by atoms with Crippen molar-refractivity contribution in [3.8, 4) is 23.4 Å². The van der Waals surface area contributed by atoms with E-state index in [1.54, 1.807) is 28.4 Å². The van der Waals surface area contributed by atoms with Gasteiger partial charge in [0, 0.05) is 39.3 Å². The highest BCUT2D eigenvalue weighted by molar-refractivity contribution is 5.97. The van der Waals surface area contributed by atoms with Gasteiger partial charge < -0.3 is 18.9 Å². The fourth-order valence-electron chi connectivity index (χ4n) is 8.63. The maximum atomic E-state index is 6.17. The minimum atomic E-state index is 0.150. The van der Waals surface area contributed by atoms with Crippen LogP contribution in [0.2, 0.25) is 0 Å². The summed E-state index contributed by atoms with van der Waals surface area (Å²) in [5, 5.41) is 2.24. The third kappa shape index (κ3) is 2.42. The lowest BCUT2D eigenvalue weighted by Crippen LogP contribution is -2.43. The molecule has 1 aromatic heterocycles. The van der Waals surface area contributed by atoms with Crippen molar-refractivity contribution in [3.63, 3.8) is 0 Å². The molecular formula is C31H28N2O4. The van der Waals surface area contributed by atoms with Crippen molar-refractivity contribution in [2.75, 3.05) is 28.4 Å². The lowest BCUT2D eigenvalue weighted by molar-refractivity contribution is 0.209. The average Bonchev–Trinajstić information content (AvgIpc) is 3.53. The number of nitrogens with zero attached hydrogens (tertiary/aromatic N) is 2. The molecule has 0 radical (unpaired) electrons. The van der Waals surface area contributed by atoms with Gasteiger partial charge in [0.05, 0.1) is 34.1 Å². The Kier molecular flexibility index (Phi) is 4.24. The Morgan fingerprint density at radius 1 is 0.622 bits per heavy atom. The zero-order chi connectivity index (χ0) is 25.0. The van der Waals surface area contributed by atoms with Crippen molar-refractivity contribution >= 4 is 10.8 Å². The van der Waals surface area contributed by atoms with Crippen molar-refractivity contribution in [2.24, 2.45) is 11.8 Å². The summed E-state index contributed by atoms with van der Waals surface area (Å²) in [7, 11) is 6.93. The molecule has 4 aromatic rings. The van der Waals surface area contributed by atoms with E-state index in [1.165, 1.54) is 22.3 Å². The van der Waals surface area contributed by atoms with Gasteiger partial charge in [0.25, 0.3) is 0 Å². The van der Waals surface area contributed by atoms with E-state index in [1.807, 2.05) is 0 Å². The third-order valence-electron chi connectivity index (χ3n) is 9.56. The van der Waals surface area contributed by atoms with Crippen LogP contribution < -0.4 is 18.9 Å². The first kappa shape index (κ1) is 21.3. The van der Waals surface area contributed by atoms with Crippen LogP contribution >= 0.6 is 0 Å². The number of benzene rings is 3. The van der Waals surface area contributed by atoms with E-state index in [0.29, 0.717) is 35.6 Å². The van der Waals surface area contributed by atoms with Crippen molar-refractivity contribution in [1.29, 1.82) is 0 Å². The second-order valence-electron chi connectivity index (χ2n) is 10.6. The Morgan fingerprint density at radius 3 is 1.76 bits per heavy atom. The molecule has 0 saturated heterocycles. The Bertz CT molecular complexity index is 1620. The number of fused-ring (bicyclic) bond motifs is 6. The van der Waals surface area contributed by atoms with Gasteiger partial charge in [-0.1, -0.05) is 48.5 Å². The van der Waals surface area contributed by atoms with E-state index >= 15 is 0 Å². The molecular weight excluding hydrogens is 464 g/mol. The number of rotatable bonds is 4. The SMILES string of the molecule is COc1nc(OC)c2c(n1)[C@@H]1c3ccccc3[C@H]2[C@@H]2[C@H]1[C@@H]1C[C@H]2c2c1c(OC)c1ccccc1c2OC. The molecule has 1 fully saturated rings. The number of methoxy groups -OCH3 is 4. The van der Waals surface area contributed by atoms with Gasteiger partial charge >= 0.3 is 6.01 Å².